The number of esters is 1. The number of nitro groups is 1. The van der Waals surface area contributed by atoms with Crippen molar-refractivity contribution in [3.8, 4) is 11.3 Å². The van der Waals surface area contributed by atoms with Gasteiger partial charge in [0.05, 0.1) is 4.92 Å². The molecule has 0 saturated carbocycles. The summed E-state index contributed by atoms with van der Waals surface area (Å²) in [4.78, 5) is 34.3. The van der Waals surface area contributed by atoms with Gasteiger partial charge in [0.1, 0.15) is 5.76 Å². The molecule has 2 aromatic carbocycles. The first-order chi connectivity index (χ1) is 14.4. The van der Waals surface area contributed by atoms with Gasteiger partial charge in [-0.15, -0.1) is 0 Å². The minimum atomic E-state index is -0.769. The van der Waals surface area contributed by atoms with Crippen LogP contribution in [0.25, 0.3) is 11.3 Å². The number of nitro benzene ring substituents is 1. The van der Waals surface area contributed by atoms with Crippen LogP contribution in [0.15, 0.2) is 71.1 Å². The number of non-ortho nitro benzene ring substituents is 1. The zero-order valence-corrected chi connectivity index (χ0v) is 16.2. The van der Waals surface area contributed by atoms with Gasteiger partial charge in [0.15, 0.2) is 6.61 Å². The molecule has 0 fully saturated rings. The summed E-state index contributed by atoms with van der Waals surface area (Å²) in [5, 5.41) is 13.4. The first-order valence-electron chi connectivity index (χ1n) is 9.27. The van der Waals surface area contributed by atoms with Gasteiger partial charge in [0, 0.05) is 24.2 Å². The van der Waals surface area contributed by atoms with Crippen molar-refractivity contribution in [2.75, 3.05) is 13.2 Å². The maximum absolute atomic E-state index is 12.1. The minimum Gasteiger partial charge on any atom is -0.450 e. The summed E-state index contributed by atoms with van der Waals surface area (Å²) in [5.74, 6) is -0.755. The number of ether oxygens (including phenoxy) is 1. The van der Waals surface area contributed by atoms with Gasteiger partial charge in [-0.25, -0.2) is 4.79 Å². The highest BCUT2D eigenvalue weighted by Crippen LogP contribution is 2.24. The average Bonchev–Trinajstić information content (AvgIpc) is 3.27. The summed E-state index contributed by atoms with van der Waals surface area (Å²) in [6.07, 6.45) is 0. The van der Waals surface area contributed by atoms with E-state index in [4.69, 9.17) is 9.15 Å². The number of hydrogen-bond donors (Lipinski definition) is 1. The fraction of sp³-hybridized carbons (Fsp3) is 0.182. The molecule has 0 radical (unpaired) electrons. The second-order valence-electron chi connectivity index (χ2n) is 6.66. The Morgan fingerprint density at radius 2 is 1.77 bits per heavy atom. The third-order valence-electron chi connectivity index (χ3n) is 4.48. The van der Waals surface area contributed by atoms with E-state index < -0.39 is 23.4 Å². The minimum absolute atomic E-state index is 0.0439. The van der Waals surface area contributed by atoms with Crippen LogP contribution >= 0.6 is 0 Å². The van der Waals surface area contributed by atoms with E-state index >= 15 is 0 Å². The molecule has 1 heterocycles. The van der Waals surface area contributed by atoms with Crippen molar-refractivity contribution in [2.24, 2.45) is 0 Å². The van der Waals surface area contributed by atoms with Crippen LogP contribution in [0.1, 0.15) is 29.0 Å². The average molecular weight is 408 g/mol. The highest BCUT2D eigenvalue weighted by atomic mass is 16.6. The molecule has 1 N–H and O–H groups in total. The van der Waals surface area contributed by atoms with Crippen LogP contribution in [0.5, 0.6) is 0 Å². The number of benzene rings is 2. The van der Waals surface area contributed by atoms with E-state index in [9.17, 15) is 19.7 Å². The molecule has 3 rings (SSSR count). The molecule has 0 saturated heterocycles. The number of nitrogens with one attached hydrogen (secondary N) is 1. The van der Waals surface area contributed by atoms with Gasteiger partial charge in [-0.3, -0.25) is 14.9 Å². The molecule has 3 aromatic rings. The first-order valence-corrected chi connectivity index (χ1v) is 9.27. The molecule has 8 heteroatoms. The summed E-state index contributed by atoms with van der Waals surface area (Å²) < 4.78 is 10.4. The van der Waals surface area contributed by atoms with Crippen LogP contribution in [0.2, 0.25) is 0 Å². The van der Waals surface area contributed by atoms with Crippen molar-refractivity contribution in [1.29, 1.82) is 0 Å². The first kappa shape index (κ1) is 20.8. The van der Waals surface area contributed by atoms with E-state index in [-0.39, 0.29) is 17.4 Å². The van der Waals surface area contributed by atoms with Gasteiger partial charge in [-0.2, -0.15) is 0 Å². The predicted molar refractivity (Wildman–Crippen MR) is 109 cm³/mol. The van der Waals surface area contributed by atoms with Crippen molar-refractivity contribution in [2.45, 2.75) is 12.8 Å². The fourth-order valence-corrected chi connectivity index (χ4v) is 2.77. The number of amides is 1. The SMILES string of the molecule is C[C@@H](CNC(=O)COC(=O)c1ccc(-c2ccc([N+](=O)[O-])cc2)o1)c1ccccc1. The molecule has 30 heavy (non-hydrogen) atoms. The molecule has 1 atom stereocenters. The van der Waals surface area contributed by atoms with Gasteiger partial charge >= 0.3 is 5.97 Å². The standard InChI is InChI=1S/C22H20N2O6/c1-15(16-5-3-2-4-6-16)13-23-21(25)14-29-22(26)20-12-11-19(30-20)17-7-9-18(10-8-17)24(27)28/h2-12,15H,13-14H2,1H3,(H,23,25)/t15-/m0/s1. The number of carbonyl (C=O) groups excluding carboxylic acids is 2. The topological polar surface area (TPSA) is 112 Å². The van der Waals surface area contributed by atoms with E-state index in [1.807, 2.05) is 37.3 Å². The Morgan fingerprint density at radius 1 is 1.07 bits per heavy atom. The third-order valence-corrected chi connectivity index (χ3v) is 4.48. The molecule has 1 aromatic heterocycles. The lowest BCUT2D eigenvalue weighted by atomic mass is 10.0. The second-order valence-corrected chi connectivity index (χ2v) is 6.66. The van der Waals surface area contributed by atoms with Gasteiger partial charge in [0.25, 0.3) is 11.6 Å². The zero-order chi connectivity index (χ0) is 21.5. The molecule has 0 bridgehead atoms. The quantitative estimate of drug-likeness (QED) is 0.343. The van der Waals surface area contributed by atoms with E-state index in [0.717, 1.165) is 5.56 Å². The summed E-state index contributed by atoms with van der Waals surface area (Å²) in [7, 11) is 0. The predicted octanol–water partition coefficient (Wildman–Crippen LogP) is 3.93. The lowest BCUT2D eigenvalue weighted by Crippen LogP contribution is -2.31. The van der Waals surface area contributed by atoms with Crippen LogP contribution in [-0.2, 0) is 9.53 Å². The lowest BCUT2D eigenvalue weighted by Gasteiger charge is -2.13. The van der Waals surface area contributed by atoms with E-state index in [0.29, 0.717) is 17.9 Å². The van der Waals surface area contributed by atoms with Crippen molar-refractivity contribution < 1.29 is 23.7 Å². The molecular formula is C22H20N2O6. The van der Waals surface area contributed by atoms with Crippen LogP contribution in [0, 0.1) is 10.1 Å². The number of rotatable bonds is 8. The van der Waals surface area contributed by atoms with Crippen molar-refractivity contribution in [3.05, 3.63) is 88.2 Å². The van der Waals surface area contributed by atoms with Gasteiger partial charge in [-0.05, 0) is 35.7 Å². The smallest absolute Gasteiger partial charge is 0.374 e. The fourth-order valence-electron chi connectivity index (χ4n) is 2.77. The Kier molecular flexibility index (Phi) is 6.59. The Morgan fingerprint density at radius 3 is 2.43 bits per heavy atom. The van der Waals surface area contributed by atoms with E-state index in [1.54, 1.807) is 6.07 Å². The Hall–Kier alpha value is -3.94. The number of hydrogen-bond acceptors (Lipinski definition) is 6. The molecule has 1 amide bonds. The normalized spacial score (nSPS) is 11.5. The summed E-state index contributed by atoms with van der Waals surface area (Å²) in [6, 6.07) is 18.5. The maximum atomic E-state index is 12.1. The van der Waals surface area contributed by atoms with E-state index in [1.165, 1.54) is 30.3 Å². The molecule has 0 spiro atoms. The Balaban J connectivity index is 1.49. The van der Waals surface area contributed by atoms with Crippen LogP contribution in [0.4, 0.5) is 5.69 Å². The van der Waals surface area contributed by atoms with E-state index in [2.05, 4.69) is 5.32 Å². The number of carbonyl (C=O) groups is 2. The van der Waals surface area contributed by atoms with Gasteiger partial charge in [-0.1, -0.05) is 37.3 Å². The van der Waals surface area contributed by atoms with Crippen LogP contribution in [0.3, 0.4) is 0 Å². The second kappa shape index (κ2) is 9.51. The van der Waals surface area contributed by atoms with Crippen LogP contribution < -0.4 is 5.32 Å². The molecule has 0 aliphatic rings. The van der Waals surface area contributed by atoms with Gasteiger partial charge < -0.3 is 14.5 Å². The molecule has 0 unspecified atom stereocenters. The zero-order valence-electron chi connectivity index (χ0n) is 16.2. The molecule has 154 valence electrons. The van der Waals surface area contributed by atoms with Gasteiger partial charge in [0.2, 0.25) is 5.76 Å². The van der Waals surface area contributed by atoms with Crippen LogP contribution in [-0.4, -0.2) is 30.0 Å². The van der Waals surface area contributed by atoms with Crippen molar-refractivity contribution >= 4 is 17.6 Å². The molecular weight excluding hydrogens is 388 g/mol. The largest absolute Gasteiger partial charge is 0.450 e. The summed E-state index contributed by atoms with van der Waals surface area (Å²) in [5.41, 5.74) is 1.63. The number of furan rings is 1. The molecule has 8 nitrogen and oxygen atoms in total. The van der Waals surface area contributed by atoms with Crippen molar-refractivity contribution in [1.82, 2.24) is 5.32 Å². The maximum Gasteiger partial charge on any atom is 0.374 e. The summed E-state index contributed by atoms with van der Waals surface area (Å²) in [6.45, 7) is 1.99. The third kappa shape index (κ3) is 5.32. The lowest BCUT2D eigenvalue weighted by molar-refractivity contribution is -0.384. The highest BCUT2D eigenvalue weighted by Gasteiger charge is 2.16. The summed E-state index contributed by atoms with van der Waals surface area (Å²) >= 11 is 0. The van der Waals surface area contributed by atoms with Crippen molar-refractivity contribution in [3.63, 3.8) is 0 Å². The molecule has 0 aliphatic heterocycles. The monoisotopic (exact) mass is 408 g/mol. The Labute approximate surface area is 172 Å². The Bertz CT molecular complexity index is 1030. The number of nitrogens with zero attached hydrogens (tertiary/aromatic N) is 1. The molecule has 0 aliphatic carbocycles. The highest BCUT2D eigenvalue weighted by molar-refractivity contribution is 5.89.